The van der Waals surface area contributed by atoms with E-state index >= 15 is 0 Å². The Morgan fingerprint density at radius 3 is 3.06 bits per heavy atom. The molecule has 2 nitrogen and oxygen atoms in total. The lowest BCUT2D eigenvalue weighted by molar-refractivity contribution is 0.495. The highest BCUT2D eigenvalue weighted by molar-refractivity contribution is 5.88. The van der Waals surface area contributed by atoms with E-state index in [0.717, 1.165) is 6.42 Å². The standard InChI is InChI=1S/C14H18N2/c1-9-4-3-5-13-14(9)11-8-10(15-2)6-7-12(11)16-13/h3-5,10,15-16H,6-8H2,1-2H3/t10-/m1/s1. The molecular formula is C14H18N2. The third-order valence-electron chi connectivity index (χ3n) is 3.83. The number of H-pyrrole nitrogens is 1. The molecule has 0 fully saturated rings. The van der Waals surface area contributed by atoms with Crippen molar-refractivity contribution in [1.29, 1.82) is 0 Å². The Hall–Kier alpha value is -1.28. The summed E-state index contributed by atoms with van der Waals surface area (Å²) in [7, 11) is 2.07. The van der Waals surface area contributed by atoms with Crippen LogP contribution in [0.2, 0.25) is 0 Å². The van der Waals surface area contributed by atoms with Gasteiger partial charge in [0.05, 0.1) is 0 Å². The Labute approximate surface area is 96.1 Å². The molecule has 0 spiro atoms. The SMILES string of the molecule is CN[C@@H]1CCc2[nH]c3cccc(C)c3c2C1. The van der Waals surface area contributed by atoms with Gasteiger partial charge in [-0.3, -0.25) is 0 Å². The summed E-state index contributed by atoms with van der Waals surface area (Å²) in [6.07, 6.45) is 3.58. The van der Waals surface area contributed by atoms with Gasteiger partial charge in [-0.05, 0) is 50.4 Å². The van der Waals surface area contributed by atoms with Gasteiger partial charge in [0.1, 0.15) is 0 Å². The van der Waals surface area contributed by atoms with Crippen molar-refractivity contribution in [3.63, 3.8) is 0 Å². The first-order valence-corrected chi connectivity index (χ1v) is 6.06. The number of aryl methyl sites for hydroxylation is 2. The van der Waals surface area contributed by atoms with E-state index in [1.165, 1.54) is 35.0 Å². The van der Waals surface area contributed by atoms with Crippen LogP contribution < -0.4 is 5.32 Å². The second-order valence-electron chi connectivity index (χ2n) is 4.81. The zero-order valence-electron chi connectivity index (χ0n) is 9.93. The van der Waals surface area contributed by atoms with Crippen molar-refractivity contribution in [2.75, 3.05) is 7.05 Å². The molecule has 0 saturated heterocycles. The molecule has 2 heteroatoms. The number of fused-ring (bicyclic) bond motifs is 3. The Kier molecular flexibility index (Phi) is 2.25. The van der Waals surface area contributed by atoms with Crippen LogP contribution in [-0.2, 0) is 12.8 Å². The number of aromatic amines is 1. The summed E-state index contributed by atoms with van der Waals surface area (Å²) in [5.74, 6) is 0. The summed E-state index contributed by atoms with van der Waals surface area (Å²) < 4.78 is 0. The average molecular weight is 214 g/mol. The zero-order chi connectivity index (χ0) is 11.1. The van der Waals surface area contributed by atoms with Crippen LogP contribution in [0.4, 0.5) is 0 Å². The van der Waals surface area contributed by atoms with Crippen molar-refractivity contribution in [1.82, 2.24) is 10.3 Å². The molecule has 84 valence electrons. The number of rotatable bonds is 1. The Morgan fingerprint density at radius 1 is 1.38 bits per heavy atom. The van der Waals surface area contributed by atoms with Crippen molar-refractivity contribution in [2.45, 2.75) is 32.2 Å². The second kappa shape index (κ2) is 3.63. The number of aromatic nitrogens is 1. The average Bonchev–Trinajstić information content (AvgIpc) is 2.67. The van der Waals surface area contributed by atoms with Gasteiger partial charge in [-0.25, -0.2) is 0 Å². The first-order valence-electron chi connectivity index (χ1n) is 6.06. The third-order valence-corrected chi connectivity index (χ3v) is 3.83. The molecule has 0 amide bonds. The van der Waals surface area contributed by atoms with Crippen molar-refractivity contribution >= 4 is 10.9 Å². The number of hydrogen-bond donors (Lipinski definition) is 2. The number of nitrogens with one attached hydrogen (secondary N) is 2. The maximum absolute atomic E-state index is 3.57. The van der Waals surface area contributed by atoms with Gasteiger partial charge < -0.3 is 10.3 Å². The normalized spacial score (nSPS) is 20.0. The van der Waals surface area contributed by atoms with Gasteiger partial charge in [0.25, 0.3) is 0 Å². The topological polar surface area (TPSA) is 27.8 Å². The molecule has 1 aromatic heterocycles. The first kappa shape index (κ1) is 9.91. The minimum atomic E-state index is 0.645. The van der Waals surface area contributed by atoms with E-state index in [9.17, 15) is 0 Å². The highest BCUT2D eigenvalue weighted by atomic mass is 14.9. The smallest absolute Gasteiger partial charge is 0.0461 e. The van der Waals surface area contributed by atoms with E-state index in [2.05, 4.69) is 42.5 Å². The lowest BCUT2D eigenvalue weighted by Gasteiger charge is -2.22. The zero-order valence-corrected chi connectivity index (χ0v) is 9.93. The van der Waals surface area contributed by atoms with Gasteiger partial charge >= 0.3 is 0 Å². The molecule has 0 unspecified atom stereocenters. The minimum Gasteiger partial charge on any atom is -0.358 e. The summed E-state index contributed by atoms with van der Waals surface area (Å²) in [5.41, 5.74) is 5.70. The molecule has 16 heavy (non-hydrogen) atoms. The summed E-state index contributed by atoms with van der Waals surface area (Å²) in [6.45, 7) is 2.21. The quantitative estimate of drug-likeness (QED) is 0.750. The molecule has 0 radical (unpaired) electrons. The van der Waals surface area contributed by atoms with Crippen LogP contribution in [-0.4, -0.2) is 18.1 Å². The van der Waals surface area contributed by atoms with Crippen LogP contribution in [0.15, 0.2) is 18.2 Å². The van der Waals surface area contributed by atoms with Gasteiger partial charge in [-0.1, -0.05) is 12.1 Å². The van der Waals surface area contributed by atoms with Crippen LogP contribution in [0.25, 0.3) is 10.9 Å². The van der Waals surface area contributed by atoms with Gasteiger partial charge in [0, 0.05) is 22.6 Å². The van der Waals surface area contributed by atoms with Gasteiger partial charge in [-0.15, -0.1) is 0 Å². The van der Waals surface area contributed by atoms with Crippen LogP contribution in [0.1, 0.15) is 23.2 Å². The molecule has 2 N–H and O–H groups in total. The molecule has 3 rings (SSSR count). The van der Waals surface area contributed by atoms with E-state index in [-0.39, 0.29) is 0 Å². The summed E-state index contributed by atoms with van der Waals surface area (Å²) in [5, 5.41) is 4.86. The fourth-order valence-corrected chi connectivity index (χ4v) is 2.91. The van der Waals surface area contributed by atoms with E-state index < -0.39 is 0 Å². The molecule has 1 aromatic carbocycles. The van der Waals surface area contributed by atoms with E-state index in [0.29, 0.717) is 6.04 Å². The lowest BCUT2D eigenvalue weighted by Crippen LogP contribution is -2.31. The van der Waals surface area contributed by atoms with Crippen molar-refractivity contribution < 1.29 is 0 Å². The van der Waals surface area contributed by atoms with Gasteiger partial charge in [-0.2, -0.15) is 0 Å². The molecule has 1 aliphatic carbocycles. The van der Waals surface area contributed by atoms with Crippen molar-refractivity contribution in [2.24, 2.45) is 0 Å². The van der Waals surface area contributed by atoms with Crippen LogP contribution >= 0.6 is 0 Å². The summed E-state index contributed by atoms with van der Waals surface area (Å²) in [4.78, 5) is 3.57. The molecule has 1 heterocycles. The summed E-state index contributed by atoms with van der Waals surface area (Å²) >= 11 is 0. The molecule has 0 saturated carbocycles. The van der Waals surface area contributed by atoms with E-state index in [1.807, 2.05) is 0 Å². The Morgan fingerprint density at radius 2 is 2.25 bits per heavy atom. The second-order valence-corrected chi connectivity index (χ2v) is 4.81. The highest BCUT2D eigenvalue weighted by Gasteiger charge is 2.21. The third kappa shape index (κ3) is 1.37. The highest BCUT2D eigenvalue weighted by Crippen LogP contribution is 2.31. The van der Waals surface area contributed by atoms with Crippen LogP contribution in [0.3, 0.4) is 0 Å². The predicted octanol–water partition coefficient (Wildman–Crippen LogP) is 2.55. The molecule has 0 aliphatic heterocycles. The molecule has 1 aliphatic rings. The number of likely N-dealkylation sites (N-methyl/N-ethyl adjacent to an activating group) is 1. The van der Waals surface area contributed by atoms with Crippen molar-refractivity contribution in [3.05, 3.63) is 35.0 Å². The number of benzene rings is 1. The monoisotopic (exact) mass is 214 g/mol. The maximum Gasteiger partial charge on any atom is 0.0461 e. The van der Waals surface area contributed by atoms with Crippen molar-refractivity contribution in [3.8, 4) is 0 Å². The molecular weight excluding hydrogens is 196 g/mol. The molecule has 0 bridgehead atoms. The lowest BCUT2D eigenvalue weighted by atomic mass is 9.90. The largest absolute Gasteiger partial charge is 0.358 e. The van der Waals surface area contributed by atoms with Gasteiger partial charge in [0.15, 0.2) is 0 Å². The van der Waals surface area contributed by atoms with Crippen LogP contribution in [0.5, 0.6) is 0 Å². The van der Waals surface area contributed by atoms with E-state index in [1.54, 1.807) is 5.56 Å². The van der Waals surface area contributed by atoms with Crippen LogP contribution in [0, 0.1) is 6.92 Å². The molecule has 1 atom stereocenters. The predicted molar refractivity (Wildman–Crippen MR) is 67.9 cm³/mol. The maximum atomic E-state index is 3.57. The Balaban J connectivity index is 2.19. The number of hydrogen-bond acceptors (Lipinski definition) is 1. The van der Waals surface area contributed by atoms with Gasteiger partial charge in [0.2, 0.25) is 0 Å². The fourth-order valence-electron chi connectivity index (χ4n) is 2.91. The van der Waals surface area contributed by atoms with E-state index in [4.69, 9.17) is 0 Å². The summed E-state index contributed by atoms with van der Waals surface area (Å²) in [6, 6.07) is 7.18. The molecule has 2 aromatic rings. The minimum absolute atomic E-state index is 0.645. The fraction of sp³-hybridized carbons (Fsp3) is 0.429. The Bertz CT molecular complexity index is 525. The first-order chi connectivity index (χ1) is 7.79.